The maximum Gasteiger partial charge on any atom is 0.146 e. The molecule has 0 N–H and O–H groups in total. The summed E-state index contributed by atoms with van der Waals surface area (Å²) >= 11 is 4.24. The van der Waals surface area contributed by atoms with Crippen molar-refractivity contribution in [3.05, 3.63) is 11.6 Å². The molecule has 1 fully saturated rings. The lowest BCUT2D eigenvalue weighted by molar-refractivity contribution is -0.0211. The van der Waals surface area contributed by atoms with Gasteiger partial charge >= 0.3 is 0 Å². The third-order valence-corrected chi connectivity index (χ3v) is 5.40. The van der Waals surface area contributed by atoms with Gasteiger partial charge in [0.25, 0.3) is 0 Å². The SMILES string of the molecule is COCOC/C(C)=C/CCC1SCCCS1. The highest BCUT2D eigenvalue weighted by atomic mass is 32.2. The van der Waals surface area contributed by atoms with Gasteiger partial charge in [0, 0.05) is 7.11 Å². The highest BCUT2D eigenvalue weighted by Crippen LogP contribution is 2.33. The van der Waals surface area contributed by atoms with Crippen molar-refractivity contribution in [1.82, 2.24) is 0 Å². The number of hydrogen-bond donors (Lipinski definition) is 0. The van der Waals surface area contributed by atoms with E-state index < -0.39 is 0 Å². The third-order valence-electron chi connectivity index (χ3n) is 2.32. The summed E-state index contributed by atoms with van der Waals surface area (Å²) < 4.78 is 10.9. The summed E-state index contributed by atoms with van der Waals surface area (Å²) in [5.74, 6) is 2.69. The summed E-state index contributed by atoms with van der Waals surface area (Å²) in [5.41, 5.74) is 1.31. The predicted molar refractivity (Wildman–Crippen MR) is 74.1 cm³/mol. The number of methoxy groups -OCH3 is 1. The monoisotopic (exact) mass is 262 g/mol. The van der Waals surface area contributed by atoms with Crippen molar-refractivity contribution in [1.29, 1.82) is 0 Å². The van der Waals surface area contributed by atoms with E-state index in [0.717, 1.165) is 4.58 Å². The summed E-state index contributed by atoms with van der Waals surface area (Å²) in [6.45, 7) is 3.20. The summed E-state index contributed by atoms with van der Waals surface area (Å²) in [6, 6.07) is 0. The fraction of sp³-hybridized carbons (Fsp3) is 0.833. The second-order valence-electron chi connectivity index (χ2n) is 3.91. The molecule has 0 amide bonds. The van der Waals surface area contributed by atoms with Crippen LogP contribution in [0.5, 0.6) is 0 Å². The molecule has 1 heterocycles. The Labute approximate surface area is 108 Å². The van der Waals surface area contributed by atoms with E-state index in [1.807, 2.05) is 0 Å². The minimum Gasteiger partial charge on any atom is -0.359 e. The van der Waals surface area contributed by atoms with Gasteiger partial charge in [0.15, 0.2) is 0 Å². The molecule has 0 aromatic rings. The average Bonchev–Trinajstić information content (AvgIpc) is 2.31. The smallest absolute Gasteiger partial charge is 0.146 e. The van der Waals surface area contributed by atoms with Gasteiger partial charge in [-0.15, -0.1) is 23.5 Å². The van der Waals surface area contributed by atoms with Gasteiger partial charge in [-0.05, 0) is 37.7 Å². The van der Waals surface area contributed by atoms with Crippen molar-refractivity contribution in [2.24, 2.45) is 0 Å². The second-order valence-corrected chi connectivity index (χ2v) is 6.83. The van der Waals surface area contributed by atoms with E-state index in [9.17, 15) is 0 Å². The molecule has 1 aliphatic rings. The Morgan fingerprint density at radius 2 is 2.12 bits per heavy atom. The van der Waals surface area contributed by atoms with Crippen LogP contribution in [0.2, 0.25) is 0 Å². The van der Waals surface area contributed by atoms with Gasteiger partial charge in [0.05, 0.1) is 11.2 Å². The molecule has 16 heavy (non-hydrogen) atoms. The summed E-state index contributed by atoms with van der Waals surface area (Å²) in [4.78, 5) is 0. The molecule has 0 saturated carbocycles. The molecule has 2 nitrogen and oxygen atoms in total. The Kier molecular flexibility index (Phi) is 8.47. The highest BCUT2D eigenvalue weighted by Gasteiger charge is 2.12. The Morgan fingerprint density at radius 3 is 2.81 bits per heavy atom. The molecule has 0 aromatic carbocycles. The van der Waals surface area contributed by atoms with Crippen molar-refractivity contribution in [2.45, 2.75) is 30.8 Å². The first-order chi connectivity index (χ1) is 7.83. The van der Waals surface area contributed by atoms with Gasteiger partial charge in [0.1, 0.15) is 6.79 Å². The fourth-order valence-electron chi connectivity index (χ4n) is 1.51. The zero-order chi connectivity index (χ0) is 11.6. The van der Waals surface area contributed by atoms with Crippen molar-refractivity contribution >= 4 is 23.5 Å². The molecule has 0 bridgehead atoms. The highest BCUT2D eigenvalue weighted by molar-refractivity contribution is 8.17. The Bertz CT molecular complexity index is 201. The van der Waals surface area contributed by atoms with Crippen LogP contribution in [0, 0.1) is 0 Å². The van der Waals surface area contributed by atoms with Gasteiger partial charge in [0.2, 0.25) is 0 Å². The number of rotatable bonds is 7. The van der Waals surface area contributed by atoms with E-state index in [-0.39, 0.29) is 0 Å². The molecular formula is C12H22O2S2. The Hall–Kier alpha value is 0.360. The van der Waals surface area contributed by atoms with Crippen LogP contribution in [-0.4, -0.2) is 36.6 Å². The molecule has 0 radical (unpaired) electrons. The van der Waals surface area contributed by atoms with Crippen molar-refractivity contribution in [2.75, 3.05) is 32.0 Å². The normalized spacial score (nSPS) is 19.0. The van der Waals surface area contributed by atoms with Gasteiger partial charge < -0.3 is 9.47 Å². The summed E-state index contributed by atoms with van der Waals surface area (Å²) in [7, 11) is 1.65. The summed E-state index contributed by atoms with van der Waals surface area (Å²) in [5, 5.41) is 0. The van der Waals surface area contributed by atoms with Crippen LogP contribution in [0.1, 0.15) is 26.2 Å². The molecule has 1 rings (SSSR count). The van der Waals surface area contributed by atoms with E-state index >= 15 is 0 Å². The number of hydrogen-bond acceptors (Lipinski definition) is 4. The van der Waals surface area contributed by atoms with Crippen molar-refractivity contribution < 1.29 is 9.47 Å². The van der Waals surface area contributed by atoms with Crippen LogP contribution in [0.3, 0.4) is 0 Å². The van der Waals surface area contributed by atoms with E-state index in [4.69, 9.17) is 9.47 Å². The first kappa shape index (κ1) is 14.4. The molecule has 0 aromatic heterocycles. The Balaban J connectivity index is 2.05. The third kappa shape index (κ3) is 6.84. The van der Waals surface area contributed by atoms with Gasteiger partial charge in [-0.25, -0.2) is 0 Å². The zero-order valence-electron chi connectivity index (χ0n) is 10.2. The topological polar surface area (TPSA) is 18.5 Å². The van der Waals surface area contributed by atoms with Crippen molar-refractivity contribution in [3.63, 3.8) is 0 Å². The Morgan fingerprint density at radius 1 is 1.38 bits per heavy atom. The van der Waals surface area contributed by atoms with E-state index in [1.54, 1.807) is 7.11 Å². The van der Waals surface area contributed by atoms with Crippen LogP contribution in [-0.2, 0) is 9.47 Å². The number of allylic oxidation sites excluding steroid dienone is 1. The van der Waals surface area contributed by atoms with Crippen molar-refractivity contribution in [3.8, 4) is 0 Å². The van der Waals surface area contributed by atoms with Gasteiger partial charge in [-0.1, -0.05) is 11.6 Å². The minimum absolute atomic E-state index is 0.388. The molecule has 0 spiro atoms. The molecule has 94 valence electrons. The zero-order valence-corrected chi connectivity index (χ0v) is 11.9. The maximum atomic E-state index is 5.29. The number of thioether (sulfide) groups is 2. The lowest BCUT2D eigenvalue weighted by Crippen LogP contribution is -2.06. The van der Waals surface area contributed by atoms with Crippen LogP contribution in [0.4, 0.5) is 0 Å². The first-order valence-corrected chi connectivity index (χ1v) is 7.88. The molecule has 0 atom stereocenters. The lowest BCUT2D eigenvalue weighted by atomic mass is 10.2. The average molecular weight is 262 g/mol. The molecule has 4 heteroatoms. The quantitative estimate of drug-likeness (QED) is 0.397. The van der Waals surface area contributed by atoms with Crippen LogP contribution in [0.15, 0.2) is 11.6 Å². The standard InChI is InChI=1S/C12H22O2S2/c1-11(9-14-10-13-2)5-3-6-12-15-7-4-8-16-12/h5,12H,3-4,6-10H2,1-2H3/b11-5+. The molecule has 1 saturated heterocycles. The molecule has 0 aliphatic carbocycles. The van der Waals surface area contributed by atoms with Crippen LogP contribution >= 0.6 is 23.5 Å². The minimum atomic E-state index is 0.388. The lowest BCUT2D eigenvalue weighted by Gasteiger charge is -2.20. The number of ether oxygens (including phenoxy) is 2. The van der Waals surface area contributed by atoms with E-state index in [0.29, 0.717) is 13.4 Å². The largest absolute Gasteiger partial charge is 0.359 e. The second kappa shape index (κ2) is 9.40. The predicted octanol–water partition coefficient (Wildman–Crippen LogP) is 3.53. The first-order valence-electron chi connectivity index (χ1n) is 5.78. The fourth-order valence-corrected chi connectivity index (χ4v) is 4.41. The van der Waals surface area contributed by atoms with Crippen LogP contribution < -0.4 is 0 Å². The summed E-state index contributed by atoms with van der Waals surface area (Å²) in [6.07, 6.45) is 6.14. The molecule has 0 unspecified atom stereocenters. The van der Waals surface area contributed by atoms with Gasteiger partial charge in [-0.2, -0.15) is 0 Å². The molecular weight excluding hydrogens is 240 g/mol. The van der Waals surface area contributed by atoms with E-state index in [2.05, 4.69) is 36.5 Å². The van der Waals surface area contributed by atoms with Crippen LogP contribution in [0.25, 0.3) is 0 Å². The van der Waals surface area contributed by atoms with Gasteiger partial charge in [-0.3, -0.25) is 0 Å². The maximum absolute atomic E-state index is 5.29. The van der Waals surface area contributed by atoms with E-state index in [1.165, 1.54) is 36.3 Å². The molecule has 1 aliphatic heterocycles.